The monoisotopic (exact) mass is 253 g/mol. The minimum atomic E-state index is -0.0551. The molecule has 4 nitrogen and oxygen atoms in total. The molecule has 2 aromatic heterocycles. The molecule has 0 bridgehead atoms. The average molecular weight is 253 g/mol. The molecule has 0 aliphatic heterocycles. The van der Waals surface area contributed by atoms with E-state index in [0.717, 1.165) is 5.69 Å². The number of hydrogen-bond donors (Lipinski definition) is 1. The molecule has 6 heteroatoms. The first kappa shape index (κ1) is 11.1. The molecule has 2 heterocycles. The molecule has 0 atom stereocenters. The van der Waals surface area contributed by atoms with E-state index in [1.165, 1.54) is 22.7 Å². The van der Waals surface area contributed by atoms with E-state index in [-0.39, 0.29) is 5.91 Å². The molecule has 2 rings (SSSR count). The molecule has 0 unspecified atom stereocenters. The lowest BCUT2D eigenvalue weighted by molar-refractivity contribution is 0.0789. The highest BCUT2D eigenvalue weighted by atomic mass is 32.1. The SMILES string of the molecule is CN(Cc1cscn1)C(=O)c1sccc1N. The van der Waals surface area contributed by atoms with Crippen LogP contribution in [0.5, 0.6) is 0 Å². The number of thiophene rings is 1. The maximum atomic E-state index is 12.0. The van der Waals surface area contributed by atoms with E-state index in [1.54, 1.807) is 23.5 Å². The second kappa shape index (κ2) is 4.63. The van der Waals surface area contributed by atoms with Gasteiger partial charge in [0.05, 0.1) is 23.4 Å². The van der Waals surface area contributed by atoms with Gasteiger partial charge in [-0.2, -0.15) is 0 Å². The van der Waals surface area contributed by atoms with Crippen LogP contribution in [0.4, 0.5) is 5.69 Å². The quantitative estimate of drug-likeness (QED) is 0.910. The second-order valence-corrected chi connectivity index (χ2v) is 4.98. The number of aromatic nitrogens is 1. The maximum Gasteiger partial charge on any atom is 0.266 e. The van der Waals surface area contributed by atoms with Crippen LogP contribution in [0.2, 0.25) is 0 Å². The van der Waals surface area contributed by atoms with Gasteiger partial charge in [0.2, 0.25) is 0 Å². The first-order valence-corrected chi connectivity index (χ1v) is 6.46. The van der Waals surface area contributed by atoms with E-state index in [4.69, 9.17) is 5.73 Å². The van der Waals surface area contributed by atoms with Crippen molar-refractivity contribution in [2.45, 2.75) is 6.54 Å². The summed E-state index contributed by atoms with van der Waals surface area (Å²) in [5.74, 6) is -0.0551. The van der Waals surface area contributed by atoms with Crippen LogP contribution in [-0.4, -0.2) is 22.8 Å². The van der Waals surface area contributed by atoms with Gasteiger partial charge in [-0.05, 0) is 11.4 Å². The van der Waals surface area contributed by atoms with E-state index in [9.17, 15) is 4.79 Å². The number of carbonyl (C=O) groups excluding carboxylic acids is 1. The van der Waals surface area contributed by atoms with Gasteiger partial charge in [-0.3, -0.25) is 4.79 Å². The third-order valence-electron chi connectivity index (χ3n) is 2.12. The van der Waals surface area contributed by atoms with E-state index < -0.39 is 0 Å². The first-order valence-electron chi connectivity index (χ1n) is 4.64. The molecule has 0 spiro atoms. The Balaban J connectivity index is 2.08. The Morgan fingerprint density at radius 2 is 2.44 bits per heavy atom. The smallest absolute Gasteiger partial charge is 0.266 e. The zero-order valence-electron chi connectivity index (χ0n) is 8.71. The lowest BCUT2D eigenvalue weighted by Crippen LogP contribution is -2.26. The van der Waals surface area contributed by atoms with Crippen molar-refractivity contribution in [2.24, 2.45) is 0 Å². The fourth-order valence-corrected chi connectivity index (χ4v) is 2.66. The standard InChI is InChI=1S/C10H11N3OS2/c1-13(4-7-5-15-6-12-7)10(14)9-8(11)2-3-16-9/h2-3,5-6H,4,11H2,1H3. The summed E-state index contributed by atoms with van der Waals surface area (Å²) in [7, 11) is 1.75. The van der Waals surface area contributed by atoms with Crippen molar-refractivity contribution in [3.63, 3.8) is 0 Å². The van der Waals surface area contributed by atoms with Crippen molar-refractivity contribution in [3.05, 3.63) is 32.9 Å². The molecule has 0 fully saturated rings. The number of amides is 1. The van der Waals surface area contributed by atoms with Crippen LogP contribution in [0.3, 0.4) is 0 Å². The number of hydrogen-bond acceptors (Lipinski definition) is 5. The summed E-state index contributed by atoms with van der Waals surface area (Å²) in [5.41, 5.74) is 8.90. The average Bonchev–Trinajstić information content (AvgIpc) is 2.88. The molecular weight excluding hydrogens is 242 g/mol. The summed E-state index contributed by atoms with van der Waals surface area (Å²) >= 11 is 2.89. The molecule has 84 valence electrons. The third-order valence-corrected chi connectivity index (χ3v) is 3.67. The Kier molecular flexibility index (Phi) is 3.21. The highest BCUT2D eigenvalue weighted by molar-refractivity contribution is 7.12. The summed E-state index contributed by atoms with van der Waals surface area (Å²) in [6, 6.07) is 1.74. The van der Waals surface area contributed by atoms with Crippen LogP contribution in [0.25, 0.3) is 0 Å². The molecule has 0 aromatic carbocycles. The third kappa shape index (κ3) is 2.23. The van der Waals surface area contributed by atoms with E-state index in [1.807, 2.05) is 10.8 Å². The van der Waals surface area contributed by atoms with Crippen LogP contribution in [0.1, 0.15) is 15.4 Å². The normalized spacial score (nSPS) is 10.3. The Bertz CT molecular complexity index is 478. The van der Waals surface area contributed by atoms with Gasteiger partial charge >= 0.3 is 0 Å². The molecule has 1 amide bonds. The lowest BCUT2D eigenvalue weighted by atomic mass is 10.3. The minimum Gasteiger partial charge on any atom is -0.397 e. The number of rotatable bonds is 3. The fraction of sp³-hybridized carbons (Fsp3) is 0.200. The largest absolute Gasteiger partial charge is 0.397 e. The van der Waals surface area contributed by atoms with Crippen molar-refractivity contribution >= 4 is 34.3 Å². The van der Waals surface area contributed by atoms with E-state index in [0.29, 0.717) is 17.1 Å². The van der Waals surface area contributed by atoms with Gasteiger partial charge in [-0.1, -0.05) is 0 Å². The van der Waals surface area contributed by atoms with Crippen molar-refractivity contribution in [3.8, 4) is 0 Å². The molecule has 0 aliphatic carbocycles. The second-order valence-electron chi connectivity index (χ2n) is 3.35. The zero-order valence-corrected chi connectivity index (χ0v) is 10.3. The van der Waals surface area contributed by atoms with E-state index >= 15 is 0 Å². The number of nitrogens with zero attached hydrogens (tertiary/aromatic N) is 2. The summed E-state index contributed by atoms with van der Waals surface area (Å²) in [6.45, 7) is 0.514. The van der Waals surface area contributed by atoms with Crippen LogP contribution >= 0.6 is 22.7 Å². The van der Waals surface area contributed by atoms with Crippen LogP contribution in [-0.2, 0) is 6.54 Å². The molecule has 2 aromatic rings. The van der Waals surface area contributed by atoms with Crippen molar-refractivity contribution in [1.29, 1.82) is 0 Å². The summed E-state index contributed by atoms with van der Waals surface area (Å²) < 4.78 is 0. The van der Waals surface area contributed by atoms with Gasteiger partial charge in [-0.15, -0.1) is 22.7 Å². The predicted octanol–water partition coefficient (Wildman–Crippen LogP) is 2.06. The molecular formula is C10H11N3OS2. The number of anilines is 1. The maximum absolute atomic E-state index is 12.0. The topological polar surface area (TPSA) is 59.2 Å². The Morgan fingerprint density at radius 3 is 3.00 bits per heavy atom. The Hall–Kier alpha value is -1.40. The Labute approximate surface area is 101 Å². The van der Waals surface area contributed by atoms with E-state index in [2.05, 4.69) is 4.98 Å². The molecule has 0 aliphatic rings. The fourth-order valence-electron chi connectivity index (χ4n) is 1.30. The van der Waals surface area contributed by atoms with Gasteiger partial charge in [0.1, 0.15) is 4.88 Å². The van der Waals surface area contributed by atoms with Crippen LogP contribution < -0.4 is 5.73 Å². The van der Waals surface area contributed by atoms with Crippen molar-refractivity contribution in [2.75, 3.05) is 12.8 Å². The van der Waals surface area contributed by atoms with Crippen molar-refractivity contribution in [1.82, 2.24) is 9.88 Å². The van der Waals surface area contributed by atoms with Gasteiger partial charge in [0, 0.05) is 12.4 Å². The molecule has 0 saturated carbocycles. The predicted molar refractivity (Wildman–Crippen MR) is 66.6 cm³/mol. The van der Waals surface area contributed by atoms with Gasteiger partial charge in [-0.25, -0.2) is 4.98 Å². The highest BCUT2D eigenvalue weighted by Gasteiger charge is 2.16. The summed E-state index contributed by atoms with van der Waals surface area (Å²) in [4.78, 5) is 18.3. The van der Waals surface area contributed by atoms with Crippen LogP contribution in [0.15, 0.2) is 22.3 Å². The minimum absolute atomic E-state index is 0.0551. The van der Waals surface area contributed by atoms with Crippen LogP contribution in [0, 0.1) is 0 Å². The number of nitrogen functional groups attached to an aromatic ring is 1. The Morgan fingerprint density at radius 1 is 1.62 bits per heavy atom. The number of carbonyl (C=O) groups is 1. The lowest BCUT2D eigenvalue weighted by Gasteiger charge is -2.15. The highest BCUT2D eigenvalue weighted by Crippen LogP contribution is 2.21. The number of thiazole rings is 1. The van der Waals surface area contributed by atoms with Gasteiger partial charge in [0.25, 0.3) is 5.91 Å². The van der Waals surface area contributed by atoms with Gasteiger partial charge in [0.15, 0.2) is 0 Å². The molecule has 0 saturated heterocycles. The van der Waals surface area contributed by atoms with Crippen molar-refractivity contribution < 1.29 is 4.79 Å². The number of nitrogens with two attached hydrogens (primary N) is 1. The van der Waals surface area contributed by atoms with Gasteiger partial charge < -0.3 is 10.6 Å². The first-order chi connectivity index (χ1) is 7.68. The molecule has 16 heavy (non-hydrogen) atoms. The summed E-state index contributed by atoms with van der Waals surface area (Å²) in [6.07, 6.45) is 0. The molecule has 2 N–H and O–H groups in total. The zero-order chi connectivity index (χ0) is 11.5. The summed E-state index contributed by atoms with van der Waals surface area (Å²) in [5, 5.41) is 3.75. The molecule has 0 radical (unpaired) electrons.